The molecule has 60 valence electrons. The Bertz CT molecular complexity index is 240. The van der Waals surface area contributed by atoms with Crippen molar-refractivity contribution in [2.75, 3.05) is 13.1 Å². The van der Waals surface area contributed by atoms with Crippen molar-refractivity contribution in [1.29, 1.82) is 0 Å². The third-order valence-electron chi connectivity index (χ3n) is 2.06. The van der Waals surface area contributed by atoms with Gasteiger partial charge in [-0.15, -0.1) is 0 Å². The minimum absolute atomic E-state index is 0.523. The SMILES string of the molecule is CCc1coc(C2CNC2)n1. The van der Waals surface area contributed by atoms with Crippen molar-refractivity contribution in [3.8, 4) is 0 Å². The fourth-order valence-electron chi connectivity index (χ4n) is 1.14. The molecule has 0 bridgehead atoms. The van der Waals surface area contributed by atoms with E-state index in [1.165, 1.54) is 0 Å². The van der Waals surface area contributed by atoms with Crippen molar-refractivity contribution >= 4 is 0 Å². The Kier molecular flexibility index (Phi) is 1.66. The van der Waals surface area contributed by atoms with Gasteiger partial charge in [0.15, 0.2) is 5.89 Å². The van der Waals surface area contributed by atoms with Crippen LogP contribution < -0.4 is 5.32 Å². The molecule has 1 saturated heterocycles. The minimum atomic E-state index is 0.523. The van der Waals surface area contributed by atoms with Crippen LogP contribution in [0.3, 0.4) is 0 Å². The Morgan fingerprint density at radius 1 is 1.73 bits per heavy atom. The quantitative estimate of drug-likeness (QED) is 0.685. The van der Waals surface area contributed by atoms with E-state index in [1.807, 2.05) is 0 Å². The van der Waals surface area contributed by atoms with Crippen molar-refractivity contribution in [3.05, 3.63) is 17.8 Å². The molecule has 2 heterocycles. The van der Waals surface area contributed by atoms with Crippen LogP contribution in [-0.2, 0) is 6.42 Å². The summed E-state index contributed by atoms with van der Waals surface area (Å²) < 4.78 is 5.31. The predicted molar refractivity (Wildman–Crippen MR) is 41.5 cm³/mol. The third-order valence-corrected chi connectivity index (χ3v) is 2.06. The lowest BCUT2D eigenvalue weighted by Gasteiger charge is -2.23. The van der Waals surface area contributed by atoms with Crippen molar-refractivity contribution in [2.45, 2.75) is 19.3 Å². The van der Waals surface area contributed by atoms with Crippen LogP contribution in [0.2, 0.25) is 0 Å². The van der Waals surface area contributed by atoms with Crippen molar-refractivity contribution in [2.24, 2.45) is 0 Å². The van der Waals surface area contributed by atoms with E-state index < -0.39 is 0 Å². The predicted octanol–water partition coefficient (Wildman–Crippen LogP) is 0.924. The Hall–Kier alpha value is -0.830. The van der Waals surface area contributed by atoms with Gasteiger partial charge in [0.2, 0.25) is 0 Å². The van der Waals surface area contributed by atoms with E-state index in [0.29, 0.717) is 5.92 Å². The summed E-state index contributed by atoms with van der Waals surface area (Å²) in [7, 11) is 0. The maximum Gasteiger partial charge on any atom is 0.199 e. The van der Waals surface area contributed by atoms with Gasteiger partial charge < -0.3 is 9.73 Å². The van der Waals surface area contributed by atoms with Crippen LogP contribution in [0.15, 0.2) is 10.7 Å². The summed E-state index contributed by atoms with van der Waals surface area (Å²) in [4.78, 5) is 4.34. The molecule has 1 fully saturated rings. The molecule has 0 radical (unpaired) electrons. The molecule has 0 aromatic carbocycles. The molecule has 0 aliphatic carbocycles. The number of oxazole rings is 1. The second kappa shape index (κ2) is 2.66. The van der Waals surface area contributed by atoms with Crippen LogP contribution in [0, 0.1) is 0 Å². The Balaban J connectivity index is 2.11. The molecule has 1 aromatic rings. The number of rotatable bonds is 2. The van der Waals surface area contributed by atoms with Gasteiger partial charge in [-0.1, -0.05) is 6.92 Å². The van der Waals surface area contributed by atoms with Crippen molar-refractivity contribution in [3.63, 3.8) is 0 Å². The van der Waals surface area contributed by atoms with Gasteiger partial charge >= 0.3 is 0 Å². The molecule has 1 aromatic heterocycles. The summed E-state index contributed by atoms with van der Waals surface area (Å²) in [6, 6.07) is 0. The third kappa shape index (κ3) is 1.16. The zero-order valence-electron chi connectivity index (χ0n) is 6.63. The number of nitrogens with one attached hydrogen (secondary N) is 1. The molecule has 11 heavy (non-hydrogen) atoms. The summed E-state index contributed by atoms with van der Waals surface area (Å²) >= 11 is 0. The van der Waals surface area contributed by atoms with E-state index >= 15 is 0 Å². The van der Waals surface area contributed by atoms with Crippen LogP contribution in [0.4, 0.5) is 0 Å². The normalized spacial score (nSPS) is 18.3. The minimum Gasteiger partial charge on any atom is -0.448 e. The molecule has 0 spiro atoms. The van der Waals surface area contributed by atoms with Crippen molar-refractivity contribution in [1.82, 2.24) is 10.3 Å². The van der Waals surface area contributed by atoms with Gasteiger partial charge in [0, 0.05) is 13.1 Å². The summed E-state index contributed by atoms with van der Waals surface area (Å²) in [5, 5.41) is 3.19. The number of aromatic nitrogens is 1. The Labute approximate surface area is 65.8 Å². The van der Waals surface area contributed by atoms with Crippen LogP contribution in [-0.4, -0.2) is 18.1 Å². The van der Waals surface area contributed by atoms with E-state index in [4.69, 9.17) is 4.42 Å². The lowest BCUT2D eigenvalue weighted by molar-refractivity contribution is 0.357. The van der Waals surface area contributed by atoms with Gasteiger partial charge in [0.25, 0.3) is 0 Å². The maximum atomic E-state index is 5.31. The fourth-order valence-corrected chi connectivity index (χ4v) is 1.14. The molecule has 3 nitrogen and oxygen atoms in total. The molecule has 0 atom stereocenters. The monoisotopic (exact) mass is 152 g/mol. The summed E-state index contributed by atoms with van der Waals surface area (Å²) in [6.45, 7) is 4.12. The first-order valence-electron chi connectivity index (χ1n) is 4.05. The van der Waals surface area contributed by atoms with Gasteiger partial charge in [0.1, 0.15) is 6.26 Å². The highest BCUT2D eigenvalue weighted by atomic mass is 16.3. The van der Waals surface area contributed by atoms with Gasteiger partial charge in [0.05, 0.1) is 11.6 Å². The first kappa shape index (κ1) is 6.85. The van der Waals surface area contributed by atoms with E-state index in [9.17, 15) is 0 Å². The first-order valence-corrected chi connectivity index (χ1v) is 4.05. The number of hydrogen-bond donors (Lipinski definition) is 1. The van der Waals surface area contributed by atoms with E-state index in [0.717, 1.165) is 31.1 Å². The first-order chi connectivity index (χ1) is 5.40. The van der Waals surface area contributed by atoms with Gasteiger partial charge in [-0.25, -0.2) is 4.98 Å². The highest BCUT2D eigenvalue weighted by molar-refractivity contribution is 5.04. The lowest BCUT2D eigenvalue weighted by atomic mass is 10.0. The molecule has 0 saturated carbocycles. The lowest BCUT2D eigenvalue weighted by Crippen LogP contribution is -2.40. The maximum absolute atomic E-state index is 5.31. The molecule has 1 N–H and O–H groups in total. The Morgan fingerprint density at radius 3 is 3.00 bits per heavy atom. The zero-order chi connectivity index (χ0) is 7.68. The molecule has 2 rings (SSSR count). The number of hydrogen-bond acceptors (Lipinski definition) is 3. The molecular weight excluding hydrogens is 140 g/mol. The topological polar surface area (TPSA) is 38.1 Å². The van der Waals surface area contributed by atoms with Gasteiger partial charge in [-0.3, -0.25) is 0 Å². The van der Waals surface area contributed by atoms with Gasteiger partial charge in [-0.2, -0.15) is 0 Å². The van der Waals surface area contributed by atoms with Crippen molar-refractivity contribution < 1.29 is 4.42 Å². The van der Waals surface area contributed by atoms with E-state index in [-0.39, 0.29) is 0 Å². The highest BCUT2D eigenvalue weighted by Crippen LogP contribution is 2.18. The van der Waals surface area contributed by atoms with E-state index in [2.05, 4.69) is 17.2 Å². The average molecular weight is 152 g/mol. The molecular formula is C8H12N2O. The number of nitrogens with zero attached hydrogens (tertiary/aromatic N) is 1. The van der Waals surface area contributed by atoms with E-state index in [1.54, 1.807) is 6.26 Å². The largest absolute Gasteiger partial charge is 0.448 e. The average Bonchev–Trinajstić information content (AvgIpc) is 2.32. The summed E-state index contributed by atoms with van der Waals surface area (Å²) in [6.07, 6.45) is 2.72. The Morgan fingerprint density at radius 2 is 2.55 bits per heavy atom. The summed E-state index contributed by atoms with van der Waals surface area (Å²) in [5.41, 5.74) is 1.06. The summed E-state index contributed by atoms with van der Waals surface area (Å²) in [5.74, 6) is 1.43. The second-order valence-electron chi connectivity index (χ2n) is 2.89. The molecule has 1 aliphatic rings. The zero-order valence-corrected chi connectivity index (χ0v) is 6.63. The number of aryl methyl sites for hydroxylation is 1. The van der Waals surface area contributed by atoms with Gasteiger partial charge in [-0.05, 0) is 6.42 Å². The van der Waals surface area contributed by atoms with Crippen LogP contribution in [0.25, 0.3) is 0 Å². The second-order valence-corrected chi connectivity index (χ2v) is 2.89. The molecule has 1 aliphatic heterocycles. The standard InChI is InChI=1S/C8H12N2O/c1-2-7-5-11-8(10-7)6-3-9-4-6/h5-6,9H,2-4H2,1H3. The molecule has 0 amide bonds. The highest BCUT2D eigenvalue weighted by Gasteiger charge is 2.23. The smallest absolute Gasteiger partial charge is 0.199 e. The molecule has 0 unspecified atom stereocenters. The van der Waals surface area contributed by atoms with Crippen LogP contribution in [0.5, 0.6) is 0 Å². The fraction of sp³-hybridized carbons (Fsp3) is 0.625. The van der Waals surface area contributed by atoms with Crippen LogP contribution >= 0.6 is 0 Å². The molecule has 3 heteroatoms. The van der Waals surface area contributed by atoms with Crippen LogP contribution in [0.1, 0.15) is 24.4 Å².